The van der Waals surface area contributed by atoms with Crippen molar-refractivity contribution in [3.05, 3.63) is 60.9 Å². The Hall–Kier alpha value is -2.48. The molecule has 2 heteroatoms. The van der Waals surface area contributed by atoms with Crippen LogP contribution in [-0.2, 0) is 0 Å². The third-order valence-corrected chi connectivity index (χ3v) is 3.35. The Morgan fingerprint density at radius 1 is 0.667 bits per heavy atom. The van der Waals surface area contributed by atoms with E-state index in [2.05, 4.69) is 58.5 Å². The molecule has 0 spiro atoms. The molecule has 0 unspecified atom stereocenters. The van der Waals surface area contributed by atoms with Gasteiger partial charge in [0.15, 0.2) is 0 Å². The van der Waals surface area contributed by atoms with E-state index in [0.29, 0.717) is 0 Å². The van der Waals surface area contributed by atoms with Crippen LogP contribution < -0.4 is 0 Å². The van der Waals surface area contributed by atoms with Crippen LogP contribution in [0.4, 0.5) is 0 Å². The molecular weight excluding hydrogens is 220 g/mol. The molecule has 4 rings (SSSR count). The van der Waals surface area contributed by atoms with Crippen LogP contribution in [-0.4, -0.2) is 9.97 Å². The first-order chi connectivity index (χ1) is 8.93. The Bertz CT molecular complexity index is 836. The predicted octanol–water partition coefficient (Wildman–Crippen LogP) is 3.89. The highest BCUT2D eigenvalue weighted by Crippen LogP contribution is 2.32. The molecule has 0 atom stereocenters. The number of imidazole rings is 1. The quantitative estimate of drug-likeness (QED) is 0.458. The predicted molar refractivity (Wildman–Crippen MR) is 73.7 cm³/mol. The minimum Gasteiger partial charge on any atom is -0.235 e. The topological polar surface area (TPSA) is 25.8 Å². The van der Waals surface area contributed by atoms with E-state index in [1.54, 1.807) is 6.33 Å². The largest absolute Gasteiger partial charge is 0.235 e. The second-order valence-electron chi connectivity index (χ2n) is 4.38. The van der Waals surface area contributed by atoms with E-state index in [0.717, 1.165) is 16.8 Å². The first-order valence-corrected chi connectivity index (χ1v) is 5.95. The number of benzene rings is 2. The second-order valence-corrected chi connectivity index (χ2v) is 4.38. The van der Waals surface area contributed by atoms with E-state index >= 15 is 0 Å². The smallest absolute Gasteiger partial charge is 0.116 e. The van der Waals surface area contributed by atoms with Gasteiger partial charge in [-0.25, -0.2) is 9.97 Å². The monoisotopic (exact) mass is 230 g/mol. The van der Waals surface area contributed by atoms with Crippen LogP contribution in [0.5, 0.6) is 0 Å². The van der Waals surface area contributed by atoms with Crippen LogP contribution >= 0.6 is 0 Å². The Balaban J connectivity index is 2.40. The molecule has 2 aromatic rings. The summed E-state index contributed by atoms with van der Waals surface area (Å²) < 4.78 is 0. The molecule has 1 heterocycles. The summed E-state index contributed by atoms with van der Waals surface area (Å²) in [5.74, 6) is 0. The molecule has 84 valence electrons. The number of aromatic nitrogens is 2. The van der Waals surface area contributed by atoms with Crippen LogP contribution in [0.1, 0.15) is 0 Å². The molecule has 0 fully saturated rings. The van der Waals surface area contributed by atoms with Crippen molar-refractivity contribution in [2.45, 2.75) is 0 Å². The fraction of sp³-hybridized carbons (Fsp3) is 0. The van der Waals surface area contributed by atoms with Crippen LogP contribution in [0.25, 0.3) is 32.9 Å². The average molecular weight is 230 g/mol. The summed E-state index contributed by atoms with van der Waals surface area (Å²) in [6.45, 7) is 0. The van der Waals surface area contributed by atoms with Crippen LogP contribution in [0.15, 0.2) is 60.9 Å². The van der Waals surface area contributed by atoms with Crippen LogP contribution in [0.2, 0.25) is 0 Å². The third-order valence-electron chi connectivity index (χ3n) is 3.35. The van der Waals surface area contributed by atoms with Crippen molar-refractivity contribution in [2.24, 2.45) is 0 Å². The van der Waals surface area contributed by atoms with Gasteiger partial charge in [0, 0.05) is 5.39 Å². The van der Waals surface area contributed by atoms with Gasteiger partial charge in [-0.1, -0.05) is 48.5 Å². The number of rotatable bonds is 0. The number of hydrogen-bond acceptors (Lipinski definition) is 2. The summed E-state index contributed by atoms with van der Waals surface area (Å²) in [6, 6.07) is 18.9. The number of hydrogen-bond donors (Lipinski definition) is 0. The lowest BCUT2D eigenvalue weighted by Crippen LogP contribution is -1.75. The van der Waals surface area contributed by atoms with E-state index < -0.39 is 0 Å². The van der Waals surface area contributed by atoms with E-state index in [-0.39, 0.29) is 0 Å². The molecule has 2 aliphatic rings. The van der Waals surface area contributed by atoms with E-state index in [1.807, 2.05) is 6.07 Å². The number of nitrogens with zero attached hydrogens (tertiary/aromatic N) is 2. The zero-order valence-electron chi connectivity index (χ0n) is 9.67. The molecular formula is C16H10N2. The maximum Gasteiger partial charge on any atom is 0.116 e. The molecule has 1 aliphatic heterocycles. The third kappa shape index (κ3) is 1.23. The number of fused-ring (bicyclic) bond motifs is 5. The van der Waals surface area contributed by atoms with E-state index in [9.17, 15) is 0 Å². The summed E-state index contributed by atoms with van der Waals surface area (Å²) in [5, 5.41) is 4.83. The van der Waals surface area contributed by atoms with Gasteiger partial charge in [-0.15, -0.1) is 0 Å². The molecule has 2 aromatic carbocycles. The molecule has 0 amide bonds. The molecule has 0 bridgehead atoms. The van der Waals surface area contributed by atoms with Crippen LogP contribution in [0.3, 0.4) is 0 Å². The molecule has 0 N–H and O–H groups in total. The lowest BCUT2D eigenvalue weighted by molar-refractivity contribution is 1.33. The molecule has 1 aliphatic carbocycles. The SMILES string of the molecule is c1ccc2c(c1)cc1ncnc-1c1ccccc12. The molecule has 18 heavy (non-hydrogen) atoms. The normalized spacial score (nSPS) is 11.3. The summed E-state index contributed by atoms with van der Waals surface area (Å²) in [4.78, 5) is 8.75. The van der Waals surface area contributed by atoms with Gasteiger partial charge in [0.2, 0.25) is 0 Å². The minimum absolute atomic E-state index is 0.951. The van der Waals surface area contributed by atoms with Gasteiger partial charge in [0.05, 0.1) is 11.4 Å². The fourth-order valence-corrected chi connectivity index (χ4v) is 2.53. The van der Waals surface area contributed by atoms with Crippen molar-refractivity contribution in [3.8, 4) is 11.4 Å². The highest BCUT2D eigenvalue weighted by Gasteiger charge is 2.10. The maximum absolute atomic E-state index is 4.40. The highest BCUT2D eigenvalue weighted by molar-refractivity contribution is 6.11. The lowest BCUT2D eigenvalue weighted by atomic mass is 10.1. The Morgan fingerprint density at radius 2 is 1.39 bits per heavy atom. The van der Waals surface area contributed by atoms with E-state index in [4.69, 9.17) is 0 Å². The van der Waals surface area contributed by atoms with Gasteiger partial charge < -0.3 is 0 Å². The van der Waals surface area contributed by atoms with Crippen molar-refractivity contribution < 1.29 is 0 Å². The van der Waals surface area contributed by atoms with Gasteiger partial charge in [-0.05, 0) is 22.2 Å². The highest BCUT2D eigenvalue weighted by atomic mass is 14.9. The molecule has 2 nitrogen and oxygen atoms in total. The first-order valence-electron chi connectivity index (χ1n) is 5.95. The van der Waals surface area contributed by atoms with Gasteiger partial charge in [0.25, 0.3) is 0 Å². The Kier molecular flexibility index (Phi) is 1.86. The van der Waals surface area contributed by atoms with Crippen molar-refractivity contribution in [1.29, 1.82) is 0 Å². The summed E-state index contributed by atoms with van der Waals surface area (Å²) >= 11 is 0. The van der Waals surface area contributed by atoms with Crippen molar-refractivity contribution in [2.75, 3.05) is 0 Å². The molecule has 0 radical (unpaired) electrons. The average Bonchev–Trinajstić information content (AvgIpc) is 2.83. The van der Waals surface area contributed by atoms with Gasteiger partial charge >= 0.3 is 0 Å². The van der Waals surface area contributed by atoms with Gasteiger partial charge in [-0.3, -0.25) is 0 Å². The van der Waals surface area contributed by atoms with E-state index in [1.165, 1.54) is 16.2 Å². The van der Waals surface area contributed by atoms with Gasteiger partial charge in [0.1, 0.15) is 6.33 Å². The fourth-order valence-electron chi connectivity index (χ4n) is 2.53. The standard InChI is InChI=1S/C16H10N2/c1-2-6-12-11(5-1)9-15-16(18-10-17-15)14-8-4-3-7-13(12)14/h1-10H. The zero-order chi connectivity index (χ0) is 11.9. The molecule has 0 saturated carbocycles. The Labute approximate surface area is 104 Å². The van der Waals surface area contributed by atoms with Gasteiger partial charge in [-0.2, -0.15) is 0 Å². The zero-order valence-corrected chi connectivity index (χ0v) is 9.67. The van der Waals surface area contributed by atoms with Crippen molar-refractivity contribution >= 4 is 21.5 Å². The molecule has 0 aromatic heterocycles. The summed E-state index contributed by atoms with van der Waals surface area (Å²) in [7, 11) is 0. The Morgan fingerprint density at radius 3 is 2.28 bits per heavy atom. The summed E-state index contributed by atoms with van der Waals surface area (Å²) in [5.41, 5.74) is 1.93. The maximum atomic E-state index is 4.40. The first kappa shape index (κ1) is 9.54. The van der Waals surface area contributed by atoms with Crippen molar-refractivity contribution in [3.63, 3.8) is 0 Å². The molecule has 0 saturated heterocycles. The summed E-state index contributed by atoms with van der Waals surface area (Å²) in [6.07, 6.45) is 1.63. The van der Waals surface area contributed by atoms with Crippen molar-refractivity contribution in [1.82, 2.24) is 9.97 Å². The second kappa shape index (κ2) is 3.50. The lowest BCUT2D eigenvalue weighted by Gasteiger charge is -1.97. The minimum atomic E-state index is 0.951. The van der Waals surface area contributed by atoms with Crippen LogP contribution in [0, 0.1) is 0 Å².